The van der Waals surface area contributed by atoms with E-state index in [-0.39, 0.29) is 28.0 Å². The summed E-state index contributed by atoms with van der Waals surface area (Å²) in [5.74, 6) is -1.14. The third kappa shape index (κ3) is 6.74. The lowest BCUT2D eigenvalue weighted by Gasteiger charge is -2.47. The van der Waals surface area contributed by atoms with Crippen LogP contribution in [-0.2, 0) is 20.6 Å². The third-order valence-electron chi connectivity index (χ3n) is 6.94. The minimum absolute atomic E-state index is 0.0179. The molecule has 43 heavy (non-hydrogen) atoms. The van der Waals surface area contributed by atoms with E-state index in [1.54, 1.807) is 13.8 Å². The Labute approximate surface area is 246 Å². The molecule has 1 aliphatic rings. The van der Waals surface area contributed by atoms with Crippen LogP contribution in [0.15, 0.2) is 57.3 Å². The topological polar surface area (TPSA) is 200 Å². The van der Waals surface area contributed by atoms with Crippen molar-refractivity contribution in [1.29, 1.82) is 0 Å². The molecular weight excluding hydrogens is 564 g/mol. The predicted molar refractivity (Wildman–Crippen MR) is 154 cm³/mol. The first-order valence-electron chi connectivity index (χ1n) is 13.3. The van der Waals surface area contributed by atoms with Gasteiger partial charge in [0.2, 0.25) is 6.29 Å². The van der Waals surface area contributed by atoms with Crippen LogP contribution in [0.2, 0.25) is 0 Å². The van der Waals surface area contributed by atoms with Crippen molar-refractivity contribution < 1.29 is 48.3 Å². The number of phenols is 1. The number of fused-ring (bicyclic) bond motifs is 1. The van der Waals surface area contributed by atoms with Crippen LogP contribution in [0.3, 0.4) is 0 Å². The first-order valence-corrected chi connectivity index (χ1v) is 13.3. The number of hydrogen-bond donors (Lipinski definition) is 5. The van der Waals surface area contributed by atoms with Gasteiger partial charge in [-0.2, -0.15) is 0 Å². The van der Waals surface area contributed by atoms with Crippen LogP contribution in [-0.4, -0.2) is 64.6 Å². The van der Waals surface area contributed by atoms with E-state index in [4.69, 9.17) is 29.1 Å². The molecule has 13 heteroatoms. The average Bonchev–Trinajstić information content (AvgIpc) is 2.92. The molecular formula is C30H34N2O11. The van der Waals surface area contributed by atoms with E-state index in [9.17, 15) is 29.7 Å². The number of methoxy groups -OCH3 is 1. The molecule has 0 aliphatic carbocycles. The second-order valence-electron chi connectivity index (χ2n) is 10.8. The third-order valence-corrected chi connectivity index (χ3v) is 6.94. The number of phenolic OH excluding ortho intramolecular Hbond substituents is 1. The summed E-state index contributed by atoms with van der Waals surface area (Å²) < 4.78 is 27.5. The molecule has 2 amide bonds. The number of rotatable bonds is 8. The van der Waals surface area contributed by atoms with Gasteiger partial charge in [0.15, 0.2) is 23.6 Å². The van der Waals surface area contributed by atoms with Crippen LogP contribution in [0, 0.1) is 0 Å². The summed E-state index contributed by atoms with van der Waals surface area (Å²) in [5, 5.41) is 34.3. The molecule has 13 nitrogen and oxygen atoms in total. The van der Waals surface area contributed by atoms with Gasteiger partial charge in [-0.25, -0.2) is 9.59 Å². The van der Waals surface area contributed by atoms with Gasteiger partial charge < -0.3 is 49.7 Å². The van der Waals surface area contributed by atoms with Gasteiger partial charge in [0.1, 0.15) is 23.2 Å². The maximum atomic E-state index is 12.9. The molecule has 2 heterocycles. The predicted octanol–water partition coefficient (Wildman–Crippen LogP) is 3.32. The lowest BCUT2D eigenvalue weighted by molar-refractivity contribution is -0.304. The number of aliphatic hydroxyl groups is 1. The number of anilines is 1. The number of amides is 2. The molecule has 0 radical (unpaired) electrons. The average molecular weight is 599 g/mol. The number of carbonyl (C=O) groups is 2. The highest BCUT2D eigenvalue weighted by atomic mass is 16.7. The molecule has 0 bridgehead atoms. The molecule has 1 aliphatic heterocycles. The van der Waals surface area contributed by atoms with Gasteiger partial charge >= 0.3 is 11.7 Å². The number of aliphatic hydroxyl groups excluding tert-OH is 1. The van der Waals surface area contributed by atoms with Crippen molar-refractivity contribution in [3.05, 3.63) is 69.6 Å². The van der Waals surface area contributed by atoms with E-state index < -0.39 is 59.3 Å². The molecule has 2 unspecified atom stereocenters. The summed E-state index contributed by atoms with van der Waals surface area (Å²) >= 11 is 0. The molecule has 230 valence electrons. The second kappa shape index (κ2) is 12.3. The van der Waals surface area contributed by atoms with Crippen LogP contribution in [0.1, 0.15) is 43.6 Å². The summed E-state index contributed by atoms with van der Waals surface area (Å²) in [6.45, 7) is 7.12. The first kappa shape index (κ1) is 31.3. The quantitative estimate of drug-likeness (QED) is 0.188. The summed E-state index contributed by atoms with van der Waals surface area (Å²) in [6.07, 6.45) is -3.79. The van der Waals surface area contributed by atoms with Gasteiger partial charge in [-0.1, -0.05) is 11.6 Å². The molecule has 0 spiro atoms. The summed E-state index contributed by atoms with van der Waals surface area (Å²) in [7, 11) is 1.36. The van der Waals surface area contributed by atoms with Crippen LogP contribution in [0.25, 0.3) is 11.0 Å². The Balaban J connectivity index is 1.58. The minimum atomic E-state index is -1.51. The van der Waals surface area contributed by atoms with Crippen molar-refractivity contribution in [2.75, 3.05) is 12.4 Å². The highest BCUT2D eigenvalue weighted by molar-refractivity contribution is 6.06. The smallest absolute Gasteiger partial charge is 0.404 e. The monoisotopic (exact) mass is 598 g/mol. The largest absolute Gasteiger partial charge is 0.508 e. The Morgan fingerprint density at radius 1 is 1.14 bits per heavy atom. The zero-order valence-electron chi connectivity index (χ0n) is 24.2. The normalized spacial score (nSPS) is 21.2. The van der Waals surface area contributed by atoms with Crippen LogP contribution < -0.4 is 21.4 Å². The summed E-state index contributed by atoms with van der Waals surface area (Å²) in [6, 6.07) is 8.33. The Kier molecular flexibility index (Phi) is 8.99. The van der Waals surface area contributed by atoms with Gasteiger partial charge in [0, 0.05) is 18.7 Å². The van der Waals surface area contributed by atoms with Crippen molar-refractivity contribution in [1.82, 2.24) is 0 Å². The highest BCUT2D eigenvalue weighted by Gasteiger charge is 2.53. The minimum Gasteiger partial charge on any atom is -0.508 e. The van der Waals surface area contributed by atoms with Crippen LogP contribution >= 0.6 is 0 Å². The Hall–Kier alpha value is -4.59. The highest BCUT2D eigenvalue weighted by Crippen LogP contribution is 2.36. The van der Waals surface area contributed by atoms with E-state index >= 15 is 0 Å². The molecule has 1 aromatic heterocycles. The molecule has 2 aromatic carbocycles. The first-order chi connectivity index (χ1) is 20.2. The molecule has 3 aromatic rings. The van der Waals surface area contributed by atoms with E-state index in [1.807, 2.05) is 19.9 Å². The van der Waals surface area contributed by atoms with Gasteiger partial charge in [-0.15, -0.1) is 0 Å². The summed E-state index contributed by atoms with van der Waals surface area (Å²) in [4.78, 5) is 37.2. The fourth-order valence-corrected chi connectivity index (χ4v) is 4.82. The lowest BCUT2D eigenvalue weighted by Crippen LogP contribution is -2.65. The Morgan fingerprint density at radius 2 is 1.86 bits per heavy atom. The zero-order valence-corrected chi connectivity index (χ0v) is 24.2. The lowest BCUT2D eigenvalue weighted by atomic mass is 9.89. The number of hydrogen-bond acceptors (Lipinski definition) is 11. The maximum Gasteiger partial charge on any atom is 0.404 e. The summed E-state index contributed by atoms with van der Waals surface area (Å²) in [5.41, 5.74) is 4.19. The van der Waals surface area contributed by atoms with Gasteiger partial charge in [0.05, 0.1) is 11.0 Å². The van der Waals surface area contributed by atoms with Crippen LogP contribution in [0.5, 0.6) is 17.2 Å². The van der Waals surface area contributed by atoms with Gasteiger partial charge in [-0.3, -0.25) is 4.79 Å². The van der Waals surface area contributed by atoms with Crippen molar-refractivity contribution in [3.8, 4) is 17.2 Å². The Bertz CT molecular complexity index is 1620. The van der Waals surface area contributed by atoms with Gasteiger partial charge in [-0.05, 0) is 70.0 Å². The molecule has 4 rings (SSSR count). The maximum absolute atomic E-state index is 12.9. The standard InChI is InChI=1S/C30H34N2O11/c1-14(2)6-7-15-12-16(8-11-19(15)33)26(36)32-21-22(34)18-10-9-17(13-20(18)41-27(21)37)40-28-23(35)24(42-29(31)38)25(39-5)30(3,4)43-28/h6,8-13,23-25,28,33-35H,7H2,1-5H3,(H2,31,38)(H,32,36)/t23?,24-,25?,28-/m1/s1. The van der Waals surface area contributed by atoms with E-state index in [1.165, 1.54) is 43.5 Å². The van der Waals surface area contributed by atoms with Gasteiger partial charge in [0.25, 0.3) is 5.91 Å². The van der Waals surface area contributed by atoms with E-state index in [0.29, 0.717) is 12.0 Å². The molecule has 4 atom stereocenters. The molecule has 6 N–H and O–H groups in total. The van der Waals surface area contributed by atoms with Crippen molar-refractivity contribution in [2.45, 2.75) is 64.3 Å². The number of primary amides is 1. The fraction of sp³-hybridized carbons (Fsp3) is 0.367. The number of benzene rings is 2. The van der Waals surface area contributed by atoms with Crippen molar-refractivity contribution in [2.24, 2.45) is 5.73 Å². The van der Waals surface area contributed by atoms with E-state index in [0.717, 1.165) is 5.57 Å². The SMILES string of the molecule is COC1[C@H](OC(N)=O)C(O)[C@H](Oc2ccc3c(O)c(NC(=O)c4ccc(O)c(CC=C(C)C)c4)c(=O)oc3c2)OC1(C)C. The van der Waals surface area contributed by atoms with Crippen LogP contribution in [0.4, 0.5) is 10.5 Å². The number of ether oxygens (including phenoxy) is 4. The molecule has 1 fully saturated rings. The number of nitrogens with one attached hydrogen (secondary N) is 1. The van der Waals surface area contributed by atoms with Crippen molar-refractivity contribution in [3.63, 3.8) is 0 Å². The number of aromatic hydroxyl groups is 2. The fourth-order valence-electron chi connectivity index (χ4n) is 4.82. The van der Waals surface area contributed by atoms with Crippen molar-refractivity contribution >= 4 is 28.7 Å². The number of nitrogens with two attached hydrogens (primary N) is 1. The number of allylic oxidation sites excluding steroid dienone is 2. The molecule has 1 saturated heterocycles. The Morgan fingerprint density at radius 3 is 2.51 bits per heavy atom. The second-order valence-corrected chi connectivity index (χ2v) is 10.8. The van der Waals surface area contributed by atoms with E-state index in [2.05, 4.69) is 5.32 Å². The molecule has 0 saturated carbocycles. The number of carbonyl (C=O) groups excluding carboxylic acids is 2. The zero-order chi connectivity index (χ0) is 31.6.